The van der Waals surface area contributed by atoms with Crippen molar-refractivity contribution in [2.24, 2.45) is 5.73 Å². The number of halogens is 1. The van der Waals surface area contributed by atoms with Crippen molar-refractivity contribution in [3.05, 3.63) is 70.7 Å². The van der Waals surface area contributed by atoms with E-state index in [0.717, 1.165) is 26.9 Å². The van der Waals surface area contributed by atoms with E-state index in [2.05, 4.69) is 27.0 Å². The molecule has 0 aliphatic heterocycles. The Morgan fingerprint density at radius 1 is 1.12 bits per heavy atom. The summed E-state index contributed by atoms with van der Waals surface area (Å²) in [7, 11) is 0. The van der Waals surface area contributed by atoms with Crippen LogP contribution in [0.5, 0.6) is 0 Å². The van der Waals surface area contributed by atoms with E-state index in [1.807, 2.05) is 60.7 Å². The summed E-state index contributed by atoms with van der Waals surface area (Å²) < 4.78 is 0.959. The molecule has 3 aromatic rings. The van der Waals surface area contributed by atoms with E-state index in [0.29, 0.717) is 10.6 Å². The number of thioether (sulfide) groups is 1. The molecule has 3 rings (SSSR count). The van der Waals surface area contributed by atoms with Gasteiger partial charge in [-0.25, -0.2) is 4.98 Å². The highest BCUT2D eigenvalue weighted by atomic mass is 79.9. The number of carbonyl (C=O) groups excluding carboxylic acids is 1. The highest BCUT2D eigenvalue weighted by Crippen LogP contribution is 2.34. The van der Waals surface area contributed by atoms with Crippen molar-refractivity contribution in [1.29, 1.82) is 5.26 Å². The van der Waals surface area contributed by atoms with Crippen LogP contribution in [0, 0.1) is 11.3 Å². The maximum Gasteiger partial charge on any atom is 0.227 e. The number of benzene rings is 2. The van der Waals surface area contributed by atoms with Gasteiger partial charge in [-0.2, -0.15) is 5.26 Å². The largest absolute Gasteiger partial charge is 0.369 e. The summed E-state index contributed by atoms with van der Waals surface area (Å²) in [5.74, 6) is -0.379. The van der Waals surface area contributed by atoms with Crippen molar-refractivity contribution in [3.63, 3.8) is 0 Å². The van der Waals surface area contributed by atoms with E-state index in [1.165, 1.54) is 11.8 Å². The first-order chi connectivity index (χ1) is 12.6. The Morgan fingerprint density at radius 2 is 1.81 bits per heavy atom. The minimum atomic E-state index is -0.448. The molecule has 0 atom stereocenters. The summed E-state index contributed by atoms with van der Waals surface area (Å²) in [4.78, 5) is 15.8. The monoisotopic (exact) mass is 423 g/mol. The SMILES string of the molecule is N#Cc1c(-c2ccc(Br)cc2)cc(-c2ccccc2)nc1SCC(N)=O. The molecule has 2 aromatic carbocycles. The second kappa shape index (κ2) is 8.17. The van der Waals surface area contributed by atoms with Crippen LogP contribution in [0.15, 0.2) is 70.2 Å². The van der Waals surface area contributed by atoms with Crippen molar-refractivity contribution in [1.82, 2.24) is 4.98 Å². The quantitative estimate of drug-likeness (QED) is 0.606. The molecule has 0 aliphatic rings. The first-order valence-electron chi connectivity index (χ1n) is 7.76. The lowest BCUT2D eigenvalue weighted by Gasteiger charge is -2.12. The molecule has 1 aromatic heterocycles. The third kappa shape index (κ3) is 4.13. The molecule has 1 amide bonds. The Balaban J connectivity index is 2.20. The summed E-state index contributed by atoms with van der Waals surface area (Å²) in [6, 6.07) is 21.6. The first kappa shape index (κ1) is 18.2. The van der Waals surface area contributed by atoms with Gasteiger partial charge in [0.15, 0.2) is 0 Å². The molecule has 0 aliphatic carbocycles. The van der Waals surface area contributed by atoms with Crippen molar-refractivity contribution in [2.45, 2.75) is 5.03 Å². The number of rotatable bonds is 5. The number of nitrogens with two attached hydrogens (primary N) is 1. The molecule has 26 heavy (non-hydrogen) atoms. The van der Waals surface area contributed by atoms with Crippen LogP contribution in [-0.4, -0.2) is 16.6 Å². The average Bonchev–Trinajstić information content (AvgIpc) is 2.67. The predicted molar refractivity (Wildman–Crippen MR) is 107 cm³/mol. The van der Waals surface area contributed by atoms with E-state index in [-0.39, 0.29) is 5.75 Å². The van der Waals surface area contributed by atoms with Gasteiger partial charge < -0.3 is 5.73 Å². The van der Waals surface area contributed by atoms with Crippen LogP contribution in [0.4, 0.5) is 0 Å². The van der Waals surface area contributed by atoms with Crippen molar-refractivity contribution >= 4 is 33.6 Å². The molecule has 0 spiro atoms. The number of nitrogens with zero attached hydrogens (tertiary/aromatic N) is 2. The smallest absolute Gasteiger partial charge is 0.227 e. The van der Waals surface area contributed by atoms with E-state index < -0.39 is 5.91 Å². The molecular formula is C20H14BrN3OS. The lowest BCUT2D eigenvalue weighted by molar-refractivity contribution is -0.115. The van der Waals surface area contributed by atoms with E-state index in [4.69, 9.17) is 5.73 Å². The van der Waals surface area contributed by atoms with Crippen LogP contribution in [0.2, 0.25) is 0 Å². The lowest BCUT2D eigenvalue weighted by Crippen LogP contribution is -2.13. The molecule has 2 N–H and O–H groups in total. The molecule has 0 unspecified atom stereocenters. The van der Waals surface area contributed by atoms with Crippen molar-refractivity contribution < 1.29 is 4.79 Å². The fourth-order valence-corrected chi connectivity index (χ4v) is 3.49. The van der Waals surface area contributed by atoms with E-state index in [1.54, 1.807) is 0 Å². The standard InChI is InChI=1S/C20H14BrN3OS/c21-15-8-6-13(7-9-15)16-10-18(14-4-2-1-3-5-14)24-20(17(16)11-22)26-12-19(23)25/h1-10H,12H2,(H2,23,25). The Bertz CT molecular complexity index is 982. The normalized spacial score (nSPS) is 10.3. The molecular weight excluding hydrogens is 410 g/mol. The van der Waals surface area contributed by atoms with Crippen LogP contribution in [0.25, 0.3) is 22.4 Å². The molecule has 0 saturated heterocycles. The molecule has 0 fully saturated rings. The van der Waals surface area contributed by atoms with Crippen molar-refractivity contribution in [2.75, 3.05) is 5.75 Å². The maximum atomic E-state index is 11.2. The Labute approximate surface area is 164 Å². The molecule has 4 nitrogen and oxygen atoms in total. The van der Waals surface area contributed by atoms with E-state index >= 15 is 0 Å². The Kier molecular flexibility index (Phi) is 5.71. The molecule has 128 valence electrons. The van der Waals surface area contributed by atoms with Gasteiger partial charge >= 0.3 is 0 Å². The molecule has 0 bridgehead atoms. The minimum absolute atomic E-state index is 0.0691. The second-order valence-corrected chi connectivity index (χ2v) is 7.35. The first-order valence-corrected chi connectivity index (χ1v) is 9.54. The summed E-state index contributed by atoms with van der Waals surface area (Å²) in [5.41, 5.74) is 9.09. The molecule has 6 heteroatoms. The zero-order valence-electron chi connectivity index (χ0n) is 13.6. The molecule has 0 saturated carbocycles. The number of hydrogen-bond donors (Lipinski definition) is 1. The number of primary amides is 1. The van der Waals surface area contributed by atoms with Gasteiger partial charge in [-0.1, -0.05) is 70.2 Å². The zero-order chi connectivity index (χ0) is 18.5. The van der Waals surface area contributed by atoms with Crippen LogP contribution in [0.1, 0.15) is 5.56 Å². The van der Waals surface area contributed by atoms with Gasteiger partial charge in [-0.15, -0.1) is 0 Å². The number of hydrogen-bond acceptors (Lipinski definition) is 4. The third-order valence-electron chi connectivity index (χ3n) is 3.67. The number of aromatic nitrogens is 1. The third-order valence-corrected chi connectivity index (χ3v) is 5.20. The van der Waals surface area contributed by atoms with Gasteiger partial charge in [-0.05, 0) is 23.8 Å². The Morgan fingerprint density at radius 3 is 2.42 bits per heavy atom. The van der Waals surface area contributed by atoms with Gasteiger partial charge in [0, 0.05) is 15.6 Å². The van der Waals surface area contributed by atoms with Crippen LogP contribution in [0.3, 0.4) is 0 Å². The van der Waals surface area contributed by atoms with Gasteiger partial charge in [-0.3, -0.25) is 4.79 Å². The van der Waals surface area contributed by atoms with Gasteiger partial charge in [0.25, 0.3) is 0 Å². The second-order valence-electron chi connectivity index (χ2n) is 5.47. The van der Waals surface area contributed by atoms with E-state index in [9.17, 15) is 10.1 Å². The summed E-state index contributed by atoms with van der Waals surface area (Å²) in [6.07, 6.45) is 0. The van der Waals surface area contributed by atoms with Crippen LogP contribution < -0.4 is 5.73 Å². The fraction of sp³-hybridized carbons (Fsp3) is 0.0500. The van der Waals surface area contributed by atoms with Crippen molar-refractivity contribution in [3.8, 4) is 28.5 Å². The fourth-order valence-electron chi connectivity index (χ4n) is 2.49. The summed E-state index contributed by atoms with van der Waals surface area (Å²) >= 11 is 4.61. The lowest BCUT2D eigenvalue weighted by atomic mass is 9.99. The predicted octanol–water partition coefficient (Wildman–Crippen LogP) is 4.63. The van der Waals surface area contributed by atoms with Crippen LogP contribution >= 0.6 is 27.7 Å². The summed E-state index contributed by atoms with van der Waals surface area (Å²) in [5, 5.41) is 10.2. The van der Waals surface area contributed by atoms with Gasteiger partial charge in [0.1, 0.15) is 11.1 Å². The average molecular weight is 424 g/mol. The number of nitriles is 1. The van der Waals surface area contributed by atoms with Crippen LogP contribution in [-0.2, 0) is 4.79 Å². The minimum Gasteiger partial charge on any atom is -0.369 e. The molecule has 1 heterocycles. The number of carbonyl (C=O) groups is 1. The topological polar surface area (TPSA) is 79.8 Å². The number of amides is 1. The van der Waals surface area contributed by atoms with Gasteiger partial charge in [0.05, 0.1) is 17.0 Å². The van der Waals surface area contributed by atoms with Gasteiger partial charge in [0.2, 0.25) is 5.91 Å². The zero-order valence-corrected chi connectivity index (χ0v) is 16.0. The highest BCUT2D eigenvalue weighted by molar-refractivity contribution is 9.10. The number of pyridine rings is 1. The highest BCUT2D eigenvalue weighted by Gasteiger charge is 2.16. The summed E-state index contributed by atoms with van der Waals surface area (Å²) in [6.45, 7) is 0. The molecule has 0 radical (unpaired) electrons. The maximum absolute atomic E-state index is 11.2. The Hall–Kier alpha value is -2.62.